The number of rotatable bonds is 5. The molecular weight excluding hydrogens is 391 g/mol. The van der Waals surface area contributed by atoms with Gasteiger partial charge >= 0.3 is 6.18 Å². The van der Waals surface area contributed by atoms with Crippen LogP contribution >= 0.6 is 0 Å². The highest BCUT2D eigenvalue weighted by molar-refractivity contribution is 5.91. The van der Waals surface area contributed by atoms with Crippen molar-refractivity contribution in [2.45, 2.75) is 25.6 Å². The molecule has 0 saturated carbocycles. The molecule has 0 unspecified atom stereocenters. The van der Waals surface area contributed by atoms with Crippen LogP contribution in [0, 0.1) is 5.92 Å². The fraction of sp³-hybridized carbons (Fsp3) is 0.348. The van der Waals surface area contributed by atoms with Gasteiger partial charge in [-0.05, 0) is 54.7 Å². The van der Waals surface area contributed by atoms with Crippen molar-refractivity contribution in [1.82, 2.24) is 4.98 Å². The molecule has 4 rings (SSSR count). The molecule has 1 saturated heterocycles. The zero-order chi connectivity index (χ0) is 21.1. The maximum Gasteiger partial charge on any atom is 0.416 e. The lowest BCUT2D eigenvalue weighted by atomic mass is 9.97. The summed E-state index contributed by atoms with van der Waals surface area (Å²) in [6, 6.07) is 13.7. The summed E-state index contributed by atoms with van der Waals surface area (Å²) in [6.07, 6.45) is -0.853. The Hall–Kier alpha value is -2.80. The molecule has 4 nitrogen and oxygen atoms in total. The van der Waals surface area contributed by atoms with Gasteiger partial charge in [0.15, 0.2) is 0 Å². The number of benzene rings is 2. The van der Waals surface area contributed by atoms with E-state index in [0.717, 1.165) is 49.3 Å². The first kappa shape index (κ1) is 20.5. The molecule has 0 atom stereocenters. The average molecular weight is 415 g/mol. The van der Waals surface area contributed by atoms with Crippen LogP contribution in [-0.4, -0.2) is 29.8 Å². The SMILES string of the molecule is OCC1CCN(c2ccc(CNc3ccnc4cc(C(F)(F)F)ccc34)cc2)CC1. The highest BCUT2D eigenvalue weighted by Gasteiger charge is 2.30. The first-order valence-electron chi connectivity index (χ1n) is 10.1. The summed E-state index contributed by atoms with van der Waals surface area (Å²) in [4.78, 5) is 6.42. The van der Waals surface area contributed by atoms with E-state index in [-0.39, 0.29) is 6.61 Å². The number of aliphatic hydroxyl groups excluding tert-OH is 1. The number of hydrogen-bond acceptors (Lipinski definition) is 4. The Bertz CT molecular complexity index is 997. The van der Waals surface area contributed by atoms with Crippen molar-refractivity contribution in [1.29, 1.82) is 0 Å². The maximum absolute atomic E-state index is 12.9. The van der Waals surface area contributed by atoms with E-state index in [1.807, 2.05) is 0 Å². The van der Waals surface area contributed by atoms with E-state index in [1.54, 1.807) is 6.07 Å². The van der Waals surface area contributed by atoms with E-state index in [1.165, 1.54) is 18.0 Å². The molecule has 0 spiro atoms. The van der Waals surface area contributed by atoms with Crippen molar-refractivity contribution in [3.63, 3.8) is 0 Å². The van der Waals surface area contributed by atoms with E-state index in [9.17, 15) is 18.3 Å². The van der Waals surface area contributed by atoms with E-state index in [0.29, 0.717) is 23.4 Å². The quantitative estimate of drug-likeness (QED) is 0.611. The number of nitrogens with zero attached hydrogens (tertiary/aromatic N) is 2. The Morgan fingerprint density at radius 2 is 1.77 bits per heavy atom. The van der Waals surface area contributed by atoms with Crippen LogP contribution < -0.4 is 10.2 Å². The van der Waals surface area contributed by atoms with Crippen LogP contribution in [0.2, 0.25) is 0 Å². The highest BCUT2D eigenvalue weighted by Crippen LogP contribution is 2.32. The number of alkyl halides is 3. The molecule has 2 heterocycles. The number of fused-ring (bicyclic) bond motifs is 1. The van der Waals surface area contributed by atoms with Gasteiger partial charge in [-0.25, -0.2) is 0 Å². The van der Waals surface area contributed by atoms with E-state index in [2.05, 4.69) is 39.5 Å². The molecule has 30 heavy (non-hydrogen) atoms. The van der Waals surface area contributed by atoms with Crippen molar-refractivity contribution in [3.05, 3.63) is 65.9 Å². The molecule has 158 valence electrons. The summed E-state index contributed by atoms with van der Waals surface area (Å²) < 4.78 is 38.8. The molecule has 7 heteroatoms. The molecule has 2 aromatic carbocycles. The van der Waals surface area contributed by atoms with E-state index >= 15 is 0 Å². The predicted molar refractivity (Wildman–Crippen MR) is 113 cm³/mol. The van der Waals surface area contributed by atoms with Crippen LogP contribution in [0.15, 0.2) is 54.7 Å². The number of aromatic nitrogens is 1. The third kappa shape index (κ3) is 4.51. The van der Waals surface area contributed by atoms with Crippen molar-refractivity contribution < 1.29 is 18.3 Å². The summed E-state index contributed by atoms with van der Waals surface area (Å²) in [6.45, 7) is 2.73. The van der Waals surface area contributed by atoms with Crippen LogP contribution in [0.25, 0.3) is 10.9 Å². The van der Waals surface area contributed by atoms with Gasteiger partial charge in [-0.2, -0.15) is 13.2 Å². The summed E-state index contributed by atoms with van der Waals surface area (Å²) in [7, 11) is 0. The van der Waals surface area contributed by atoms with Crippen molar-refractivity contribution in [2.24, 2.45) is 5.92 Å². The molecule has 1 aromatic heterocycles. The van der Waals surface area contributed by atoms with Gasteiger partial charge in [-0.15, -0.1) is 0 Å². The maximum atomic E-state index is 12.9. The Labute approximate surface area is 173 Å². The van der Waals surface area contributed by atoms with Crippen LogP contribution in [0.5, 0.6) is 0 Å². The number of hydrogen-bond donors (Lipinski definition) is 2. The zero-order valence-electron chi connectivity index (χ0n) is 16.5. The first-order chi connectivity index (χ1) is 14.4. The number of halogens is 3. The van der Waals surface area contributed by atoms with Crippen molar-refractivity contribution in [3.8, 4) is 0 Å². The second-order valence-corrected chi connectivity index (χ2v) is 7.72. The topological polar surface area (TPSA) is 48.4 Å². The minimum Gasteiger partial charge on any atom is -0.396 e. The van der Waals surface area contributed by atoms with Gasteiger partial charge < -0.3 is 15.3 Å². The van der Waals surface area contributed by atoms with Crippen LogP contribution in [0.1, 0.15) is 24.0 Å². The van der Waals surface area contributed by atoms with Gasteiger partial charge in [0, 0.05) is 49.2 Å². The van der Waals surface area contributed by atoms with Gasteiger partial charge in [0.1, 0.15) is 0 Å². The molecule has 0 amide bonds. The van der Waals surface area contributed by atoms with Gasteiger partial charge in [-0.3, -0.25) is 4.98 Å². The van der Waals surface area contributed by atoms with Gasteiger partial charge in [0.05, 0.1) is 11.1 Å². The molecule has 0 aliphatic carbocycles. The minimum atomic E-state index is -4.38. The Morgan fingerprint density at radius 1 is 1.03 bits per heavy atom. The number of nitrogens with one attached hydrogen (secondary N) is 1. The summed E-state index contributed by atoms with van der Waals surface area (Å²) >= 11 is 0. The van der Waals surface area contributed by atoms with Gasteiger partial charge in [0.2, 0.25) is 0 Å². The van der Waals surface area contributed by atoms with Crippen LogP contribution in [0.4, 0.5) is 24.5 Å². The summed E-state index contributed by atoms with van der Waals surface area (Å²) in [5.41, 5.74) is 2.63. The molecule has 1 aliphatic heterocycles. The number of pyridine rings is 1. The van der Waals surface area contributed by atoms with Crippen LogP contribution in [0.3, 0.4) is 0 Å². The molecule has 0 radical (unpaired) electrons. The Kier molecular flexibility index (Phi) is 5.81. The number of anilines is 2. The van der Waals surface area contributed by atoms with Crippen molar-refractivity contribution >= 4 is 22.3 Å². The van der Waals surface area contributed by atoms with Crippen molar-refractivity contribution in [2.75, 3.05) is 29.9 Å². The second kappa shape index (κ2) is 8.52. The fourth-order valence-corrected chi connectivity index (χ4v) is 3.87. The average Bonchev–Trinajstić information content (AvgIpc) is 2.77. The number of aliphatic hydroxyl groups is 1. The zero-order valence-corrected chi connectivity index (χ0v) is 16.5. The normalized spacial score (nSPS) is 15.5. The van der Waals surface area contributed by atoms with E-state index < -0.39 is 11.7 Å². The summed E-state index contributed by atoms with van der Waals surface area (Å²) in [5, 5.41) is 13.2. The van der Waals surface area contributed by atoms with Gasteiger partial charge in [-0.1, -0.05) is 18.2 Å². The lowest BCUT2D eigenvalue weighted by Crippen LogP contribution is -2.34. The lowest BCUT2D eigenvalue weighted by Gasteiger charge is -2.33. The second-order valence-electron chi connectivity index (χ2n) is 7.72. The third-order valence-corrected chi connectivity index (χ3v) is 5.73. The number of piperidine rings is 1. The molecule has 2 N–H and O–H groups in total. The molecule has 1 aliphatic rings. The molecular formula is C23H24F3N3O. The monoisotopic (exact) mass is 415 g/mol. The van der Waals surface area contributed by atoms with Crippen LogP contribution in [-0.2, 0) is 12.7 Å². The van der Waals surface area contributed by atoms with Gasteiger partial charge in [0.25, 0.3) is 0 Å². The minimum absolute atomic E-state index is 0.264. The Morgan fingerprint density at radius 3 is 2.43 bits per heavy atom. The lowest BCUT2D eigenvalue weighted by molar-refractivity contribution is -0.137. The largest absolute Gasteiger partial charge is 0.416 e. The Balaban J connectivity index is 1.43. The van der Waals surface area contributed by atoms with E-state index in [4.69, 9.17) is 0 Å². The molecule has 0 bridgehead atoms. The fourth-order valence-electron chi connectivity index (χ4n) is 3.87. The first-order valence-corrected chi connectivity index (χ1v) is 10.1. The summed E-state index contributed by atoms with van der Waals surface area (Å²) in [5.74, 6) is 0.409. The standard InChI is InChI=1S/C23H24F3N3O/c24-23(25,26)18-3-6-20-21(7-10-27-22(20)13-18)28-14-16-1-4-19(5-2-16)29-11-8-17(15-30)9-12-29/h1-7,10,13,17,30H,8-9,11-12,14-15H2,(H,27,28). The smallest absolute Gasteiger partial charge is 0.396 e. The predicted octanol–water partition coefficient (Wildman–Crippen LogP) is 5.07. The third-order valence-electron chi connectivity index (χ3n) is 5.73. The molecule has 1 fully saturated rings. The molecule has 3 aromatic rings. The highest BCUT2D eigenvalue weighted by atomic mass is 19.4.